The second-order valence-electron chi connectivity index (χ2n) is 6.21. The minimum atomic E-state index is 0.00651. The van der Waals surface area contributed by atoms with Gasteiger partial charge in [0.1, 0.15) is 5.69 Å². The number of hydrogen-bond donors (Lipinski definition) is 1. The van der Waals surface area contributed by atoms with E-state index in [-0.39, 0.29) is 5.91 Å². The average molecular weight is 324 g/mol. The highest BCUT2D eigenvalue weighted by Crippen LogP contribution is 2.20. The Bertz CT molecular complexity index is 723. The molecule has 24 heavy (non-hydrogen) atoms. The first kappa shape index (κ1) is 16.4. The molecule has 1 aliphatic rings. The van der Waals surface area contributed by atoms with Crippen LogP contribution in [0.5, 0.6) is 0 Å². The second kappa shape index (κ2) is 7.43. The monoisotopic (exact) mass is 324 g/mol. The number of anilines is 2. The first-order valence-corrected chi connectivity index (χ1v) is 8.67. The third-order valence-electron chi connectivity index (χ3n) is 4.36. The van der Waals surface area contributed by atoms with Crippen molar-refractivity contribution in [1.29, 1.82) is 0 Å². The summed E-state index contributed by atoms with van der Waals surface area (Å²) in [5.41, 5.74) is 3.45. The van der Waals surface area contributed by atoms with Crippen molar-refractivity contribution in [1.82, 2.24) is 14.9 Å². The summed E-state index contributed by atoms with van der Waals surface area (Å²) in [6, 6.07) is 9.87. The van der Waals surface area contributed by atoms with Crippen LogP contribution in [0.4, 0.5) is 11.6 Å². The van der Waals surface area contributed by atoms with E-state index in [1.165, 1.54) is 12.0 Å². The molecule has 1 amide bonds. The maximum Gasteiger partial charge on any atom is 0.272 e. The predicted molar refractivity (Wildman–Crippen MR) is 95.6 cm³/mol. The molecule has 0 aliphatic carbocycles. The molecule has 5 heteroatoms. The zero-order chi connectivity index (χ0) is 16.9. The number of hydrogen-bond acceptors (Lipinski definition) is 4. The van der Waals surface area contributed by atoms with Crippen LogP contribution in [0.2, 0.25) is 0 Å². The normalized spacial score (nSPS) is 14.5. The van der Waals surface area contributed by atoms with Crippen molar-refractivity contribution in [3.8, 4) is 0 Å². The molecule has 2 aromatic rings. The molecule has 126 valence electrons. The van der Waals surface area contributed by atoms with E-state index in [4.69, 9.17) is 0 Å². The minimum Gasteiger partial charge on any atom is -0.337 e. The van der Waals surface area contributed by atoms with Gasteiger partial charge in [-0.3, -0.25) is 4.79 Å². The number of aryl methyl sites for hydroxylation is 2. The molecular formula is C19H24N4O. The highest BCUT2D eigenvalue weighted by Gasteiger charge is 2.20. The van der Waals surface area contributed by atoms with E-state index < -0.39 is 0 Å². The van der Waals surface area contributed by atoms with E-state index in [1.807, 2.05) is 30.0 Å². The molecule has 3 rings (SSSR count). The number of carbonyl (C=O) groups excluding carboxylic acids is 1. The SMILES string of the molecule is CCc1ccccc1Nc1nc(C)cc(C(=O)N2CCCCC2)n1. The van der Waals surface area contributed by atoms with Gasteiger partial charge >= 0.3 is 0 Å². The largest absolute Gasteiger partial charge is 0.337 e. The fourth-order valence-electron chi connectivity index (χ4n) is 3.06. The molecule has 1 aliphatic heterocycles. The number of nitrogens with zero attached hydrogens (tertiary/aromatic N) is 3. The number of rotatable bonds is 4. The topological polar surface area (TPSA) is 58.1 Å². The number of amides is 1. The molecule has 0 radical (unpaired) electrons. The van der Waals surface area contributed by atoms with E-state index in [1.54, 1.807) is 6.07 Å². The van der Waals surface area contributed by atoms with E-state index >= 15 is 0 Å². The number of benzene rings is 1. The second-order valence-corrected chi connectivity index (χ2v) is 6.21. The van der Waals surface area contributed by atoms with Crippen molar-refractivity contribution < 1.29 is 4.79 Å². The summed E-state index contributed by atoms with van der Waals surface area (Å²) in [4.78, 5) is 23.5. The fourth-order valence-corrected chi connectivity index (χ4v) is 3.06. The quantitative estimate of drug-likeness (QED) is 0.931. The molecule has 0 saturated carbocycles. The van der Waals surface area contributed by atoms with Crippen LogP contribution in [0.1, 0.15) is 47.9 Å². The molecule has 1 fully saturated rings. The van der Waals surface area contributed by atoms with Gasteiger partial charge in [-0.05, 0) is 50.3 Å². The fraction of sp³-hybridized carbons (Fsp3) is 0.421. The summed E-state index contributed by atoms with van der Waals surface area (Å²) >= 11 is 0. The Balaban J connectivity index is 1.84. The number of carbonyl (C=O) groups is 1. The van der Waals surface area contributed by atoms with Crippen LogP contribution in [0.15, 0.2) is 30.3 Å². The van der Waals surface area contributed by atoms with Crippen molar-refractivity contribution in [2.75, 3.05) is 18.4 Å². The summed E-state index contributed by atoms with van der Waals surface area (Å²) < 4.78 is 0. The summed E-state index contributed by atoms with van der Waals surface area (Å²) in [6.07, 6.45) is 4.28. The van der Waals surface area contributed by atoms with Gasteiger partial charge in [-0.1, -0.05) is 25.1 Å². The van der Waals surface area contributed by atoms with Gasteiger partial charge in [-0.2, -0.15) is 0 Å². The zero-order valence-corrected chi connectivity index (χ0v) is 14.4. The average Bonchev–Trinajstić information content (AvgIpc) is 2.62. The lowest BCUT2D eigenvalue weighted by molar-refractivity contribution is 0.0718. The van der Waals surface area contributed by atoms with E-state index in [2.05, 4.69) is 28.3 Å². The highest BCUT2D eigenvalue weighted by molar-refractivity contribution is 5.92. The number of aromatic nitrogens is 2. The lowest BCUT2D eigenvalue weighted by atomic mass is 10.1. The first-order valence-electron chi connectivity index (χ1n) is 8.67. The molecule has 2 heterocycles. The van der Waals surface area contributed by atoms with E-state index in [0.717, 1.165) is 43.7 Å². The smallest absolute Gasteiger partial charge is 0.272 e. The molecule has 1 aromatic heterocycles. The van der Waals surface area contributed by atoms with Crippen molar-refractivity contribution in [2.45, 2.75) is 39.5 Å². The Morgan fingerprint density at radius 2 is 1.92 bits per heavy atom. The van der Waals surface area contributed by atoms with E-state index in [9.17, 15) is 4.79 Å². The molecule has 1 N–H and O–H groups in total. The van der Waals surface area contributed by atoms with Crippen LogP contribution in [-0.2, 0) is 6.42 Å². The van der Waals surface area contributed by atoms with Gasteiger partial charge in [0.15, 0.2) is 0 Å². The molecule has 1 saturated heterocycles. The van der Waals surface area contributed by atoms with Crippen molar-refractivity contribution in [3.05, 3.63) is 47.3 Å². The standard InChI is InChI=1S/C19H24N4O/c1-3-15-9-5-6-10-16(15)21-19-20-14(2)13-17(22-19)18(24)23-11-7-4-8-12-23/h5-6,9-10,13H,3-4,7-8,11-12H2,1-2H3,(H,20,21,22). The molecule has 0 spiro atoms. The third-order valence-corrected chi connectivity index (χ3v) is 4.36. The summed E-state index contributed by atoms with van der Waals surface area (Å²) in [5.74, 6) is 0.489. The van der Waals surface area contributed by atoms with Crippen LogP contribution in [0, 0.1) is 6.92 Å². The van der Waals surface area contributed by atoms with Crippen LogP contribution >= 0.6 is 0 Å². The van der Waals surface area contributed by atoms with Crippen molar-refractivity contribution in [2.24, 2.45) is 0 Å². The van der Waals surface area contributed by atoms with Gasteiger partial charge in [0.2, 0.25) is 5.95 Å². The molecule has 0 atom stereocenters. The first-order chi connectivity index (χ1) is 11.7. The number of likely N-dealkylation sites (tertiary alicyclic amines) is 1. The van der Waals surface area contributed by atoms with Gasteiger partial charge < -0.3 is 10.2 Å². The van der Waals surface area contributed by atoms with Crippen LogP contribution in [0.3, 0.4) is 0 Å². The predicted octanol–water partition coefficient (Wildman–Crippen LogP) is 3.72. The number of nitrogens with one attached hydrogen (secondary N) is 1. The molecule has 5 nitrogen and oxygen atoms in total. The van der Waals surface area contributed by atoms with Gasteiger partial charge in [0.25, 0.3) is 5.91 Å². The Labute approximate surface area is 143 Å². The lowest BCUT2D eigenvalue weighted by Gasteiger charge is -2.26. The zero-order valence-electron chi connectivity index (χ0n) is 14.4. The van der Waals surface area contributed by atoms with Gasteiger partial charge in [0, 0.05) is 24.5 Å². The Morgan fingerprint density at radius 1 is 1.17 bits per heavy atom. The Morgan fingerprint density at radius 3 is 2.67 bits per heavy atom. The lowest BCUT2D eigenvalue weighted by Crippen LogP contribution is -2.36. The summed E-state index contributed by atoms with van der Waals surface area (Å²) in [6.45, 7) is 5.65. The van der Waals surface area contributed by atoms with Gasteiger partial charge in [-0.25, -0.2) is 9.97 Å². The molecule has 0 bridgehead atoms. The van der Waals surface area contributed by atoms with Gasteiger partial charge in [-0.15, -0.1) is 0 Å². The summed E-state index contributed by atoms with van der Waals surface area (Å²) in [5, 5.41) is 3.27. The Hall–Kier alpha value is -2.43. The highest BCUT2D eigenvalue weighted by atomic mass is 16.2. The maximum absolute atomic E-state index is 12.7. The molecule has 0 unspecified atom stereocenters. The van der Waals surface area contributed by atoms with Crippen LogP contribution in [-0.4, -0.2) is 33.9 Å². The number of para-hydroxylation sites is 1. The van der Waals surface area contributed by atoms with Crippen molar-refractivity contribution in [3.63, 3.8) is 0 Å². The molecular weight excluding hydrogens is 300 g/mol. The third kappa shape index (κ3) is 3.72. The number of piperidine rings is 1. The van der Waals surface area contributed by atoms with Crippen LogP contribution in [0.25, 0.3) is 0 Å². The van der Waals surface area contributed by atoms with Crippen LogP contribution < -0.4 is 5.32 Å². The Kier molecular flexibility index (Phi) is 5.08. The molecule has 1 aromatic carbocycles. The minimum absolute atomic E-state index is 0.00651. The van der Waals surface area contributed by atoms with Gasteiger partial charge in [0.05, 0.1) is 0 Å². The maximum atomic E-state index is 12.7. The summed E-state index contributed by atoms with van der Waals surface area (Å²) in [7, 11) is 0. The van der Waals surface area contributed by atoms with E-state index in [0.29, 0.717) is 11.6 Å². The van der Waals surface area contributed by atoms with Crippen molar-refractivity contribution >= 4 is 17.5 Å².